The molecule has 2 rings (SSSR count). The Hall–Kier alpha value is -1.80. The molecule has 18 heavy (non-hydrogen) atoms. The fourth-order valence-corrected chi connectivity index (χ4v) is 2.21. The number of hydrogen-bond acceptors (Lipinski definition) is 2. The Kier molecular flexibility index (Phi) is 3.68. The quantitative estimate of drug-likeness (QED) is 0.809. The summed E-state index contributed by atoms with van der Waals surface area (Å²) in [7, 11) is 1.98. The maximum Gasteiger partial charge on any atom is 0.0575 e. The van der Waals surface area contributed by atoms with Crippen LogP contribution in [0.5, 0.6) is 0 Å². The molecule has 0 radical (unpaired) electrons. The molecule has 0 aliphatic rings. The van der Waals surface area contributed by atoms with Crippen LogP contribution in [0.3, 0.4) is 0 Å². The maximum absolute atomic E-state index is 5.86. The smallest absolute Gasteiger partial charge is 0.0575 e. The van der Waals surface area contributed by atoms with Gasteiger partial charge in [0.25, 0.3) is 0 Å². The van der Waals surface area contributed by atoms with Gasteiger partial charge in [-0.2, -0.15) is 0 Å². The molecule has 0 spiro atoms. The Balaban J connectivity index is 2.42. The lowest BCUT2D eigenvalue weighted by molar-refractivity contribution is 0.691. The highest BCUT2D eigenvalue weighted by molar-refractivity contribution is 5.45. The third kappa shape index (κ3) is 2.54. The molecule has 0 aliphatic carbocycles. The lowest BCUT2D eigenvalue weighted by Crippen LogP contribution is -2.18. The van der Waals surface area contributed by atoms with Crippen molar-refractivity contribution in [2.24, 2.45) is 0 Å². The van der Waals surface area contributed by atoms with E-state index in [2.05, 4.69) is 43.4 Å². The van der Waals surface area contributed by atoms with Crippen LogP contribution < -0.4 is 11.1 Å². The summed E-state index contributed by atoms with van der Waals surface area (Å²) in [5, 5.41) is 3.35. The molecule has 1 atom stereocenters. The highest BCUT2D eigenvalue weighted by Gasteiger charge is 2.12. The van der Waals surface area contributed by atoms with Gasteiger partial charge >= 0.3 is 0 Å². The summed E-state index contributed by atoms with van der Waals surface area (Å²) in [5.41, 5.74) is 11.8. The summed E-state index contributed by atoms with van der Waals surface area (Å²) >= 11 is 0. The first-order valence-corrected chi connectivity index (χ1v) is 6.21. The zero-order chi connectivity index (χ0) is 13.1. The predicted octanol–water partition coefficient (Wildman–Crippen LogP) is 3.19. The second kappa shape index (κ2) is 5.23. The summed E-state index contributed by atoms with van der Waals surface area (Å²) in [5.74, 6) is 0. The molecule has 0 amide bonds. The summed E-state index contributed by atoms with van der Waals surface area (Å²) in [4.78, 5) is 0. The minimum absolute atomic E-state index is 0.188. The van der Waals surface area contributed by atoms with Crippen LogP contribution in [0.1, 0.15) is 28.3 Å². The van der Waals surface area contributed by atoms with E-state index >= 15 is 0 Å². The van der Waals surface area contributed by atoms with Crippen LogP contribution in [0.25, 0.3) is 0 Å². The van der Waals surface area contributed by atoms with Gasteiger partial charge in [0.15, 0.2) is 0 Å². The monoisotopic (exact) mass is 240 g/mol. The number of anilines is 1. The number of nitrogen functional groups attached to an aromatic ring is 1. The molecular weight excluding hydrogens is 220 g/mol. The molecule has 0 fully saturated rings. The summed E-state index contributed by atoms with van der Waals surface area (Å²) in [6, 6.07) is 14.8. The van der Waals surface area contributed by atoms with E-state index in [9.17, 15) is 0 Å². The lowest BCUT2D eigenvalue weighted by Gasteiger charge is -2.18. The van der Waals surface area contributed by atoms with Crippen LogP contribution >= 0.6 is 0 Å². The summed E-state index contributed by atoms with van der Waals surface area (Å²) < 4.78 is 0. The van der Waals surface area contributed by atoms with Crippen molar-refractivity contribution >= 4 is 5.69 Å². The van der Waals surface area contributed by atoms with Crippen molar-refractivity contribution in [1.29, 1.82) is 0 Å². The van der Waals surface area contributed by atoms with Crippen molar-refractivity contribution < 1.29 is 0 Å². The van der Waals surface area contributed by atoms with Gasteiger partial charge < -0.3 is 11.1 Å². The van der Waals surface area contributed by atoms with Crippen molar-refractivity contribution in [2.75, 3.05) is 12.8 Å². The molecule has 0 saturated carbocycles. The van der Waals surface area contributed by atoms with Crippen LogP contribution in [0.4, 0.5) is 5.69 Å². The second-order valence-electron chi connectivity index (χ2n) is 4.74. The average molecular weight is 240 g/mol. The topological polar surface area (TPSA) is 38.0 Å². The lowest BCUT2D eigenvalue weighted by atomic mass is 9.95. The van der Waals surface area contributed by atoms with Gasteiger partial charge in [0.2, 0.25) is 0 Å². The van der Waals surface area contributed by atoms with Gasteiger partial charge in [-0.3, -0.25) is 0 Å². The van der Waals surface area contributed by atoms with Crippen molar-refractivity contribution in [3.05, 3.63) is 64.7 Å². The summed E-state index contributed by atoms with van der Waals surface area (Å²) in [6.07, 6.45) is 0. The second-order valence-corrected chi connectivity index (χ2v) is 4.74. The average Bonchev–Trinajstić information content (AvgIpc) is 2.35. The minimum atomic E-state index is 0.188. The molecule has 94 valence electrons. The number of nitrogens with one attached hydrogen (secondary N) is 1. The van der Waals surface area contributed by atoms with Crippen LogP contribution in [-0.2, 0) is 0 Å². The fraction of sp³-hybridized carbons (Fsp3) is 0.250. The number of aryl methyl sites for hydroxylation is 2. The first-order chi connectivity index (χ1) is 8.61. The van der Waals surface area contributed by atoms with Gasteiger partial charge in [-0.1, -0.05) is 30.3 Å². The molecule has 3 N–H and O–H groups in total. The van der Waals surface area contributed by atoms with Gasteiger partial charge in [0, 0.05) is 5.69 Å². The van der Waals surface area contributed by atoms with Gasteiger partial charge in [-0.25, -0.2) is 0 Å². The molecule has 0 aliphatic heterocycles. The first-order valence-electron chi connectivity index (χ1n) is 6.21. The van der Waals surface area contributed by atoms with E-state index < -0.39 is 0 Å². The van der Waals surface area contributed by atoms with E-state index in [-0.39, 0.29) is 6.04 Å². The Morgan fingerprint density at radius 3 is 2.28 bits per heavy atom. The molecule has 2 heteroatoms. The molecular formula is C16H20N2. The molecule has 2 aromatic carbocycles. The SMILES string of the molecule is CNC(c1cccc(N)c1)c1ccc(C)c(C)c1. The Morgan fingerprint density at radius 1 is 0.944 bits per heavy atom. The molecule has 2 aromatic rings. The Morgan fingerprint density at radius 2 is 1.67 bits per heavy atom. The van der Waals surface area contributed by atoms with Crippen molar-refractivity contribution in [2.45, 2.75) is 19.9 Å². The van der Waals surface area contributed by atoms with Gasteiger partial charge in [-0.15, -0.1) is 0 Å². The molecule has 0 aromatic heterocycles. The number of hydrogen-bond donors (Lipinski definition) is 2. The zero-order valence-electron chi connectivity index (χ0n) is 11.2. The molecule has 0 saturated heterocycles. The number of benzene rings is 2. The maximum atomic E-state index is 5.86. The zero-order valence-corrected chi connectivity index (χ0v) is 11.2. The summed E-state index contributed by atoms with van der Waals surface area (Å²) in [6.45, 7) is 4.28. The highest BCUT2D eigenvalue weighted by atomic mass is 14.9. The van der Waals surface area contributed by atoms with Gasteiger partial charge in [0.05, 0.1) is 6.04 Å². The molecule has 1 unspecified atom stereocenters. The Labute approximate surface area is 109 Å². The van der Waals surface area contributed by atoms with Crippen LogP contribution in [-0.4, -0.2) is 7.05 Å². The van der Waals surface area contributed by atoms with Crippen molar-refractivity contribution in [3.63, 3.8) is 0 Å². The van der Waals surface area contributed by atoms with Crippen LogP contribution in [0.2, 0.25) is 0 Å². The third-order valence-corrected chi connectivity index (χ3v) is 3.40. The first kappa shape index (κ1) is 12.7. The van der Waals surface area contributed by atoms with Crippen LogP contribution in [0.15, 0.2) is 42.5 Å². The normalized spacial score (nSPS) is 12.4. The molecule has 0 bridgehead atoms. The van der Waals surface area contributed by atoms with Crippen molar-refractivity contribution in [3.8, 4) is 0 Å². The van der Waals surface area contributed by atoms with E-state index in [0.29, 0.717) is 0 Å². The molecule has 0 heterocycles. The van der Waals surface area contributed by atoms with E-state index in [0.717, 1.165) is 5.69 Å². The predicted molar refractivity (Wildman–Crippen MR) is 77.7 cm³/mol. The molecule has 2 nitrogen and oxygen atoms in total. The Bertz CT molecular complexity index is 547. The number of rotatable bonds is 3. The highest BCUT2D eigenvalue weighted by Crippen LogP contribution is 2.24. The standard InChI is InChI=1S/C16H20N2/c1-11-7-8-14(9-12(11)2)16(18-3)13-5-4-6-15(17)10-13/h4-10,16,18H,17H2,1-3H3. The van der Waals surface area contributed by atoms with Crippen LogP contribution in [0, 0.1) is 13.8 Å². The van der Waals surface area contributed by atoms with Gasteiger partial charge in [0.1, 0.15) is 0 Å². The van der Waals surface area contributed by atoms with E-state index in [4.69, 9.17) is 5.73 Å². The van der Waals surface area contributed by atoms with E-state index in [1.165, 1.54) is 22.3 Å². The third-order valence-electron chi connectivity index (χ3n) is 3.40. The van der Waals surface area contributed by atoms with E-state index in [1.807, 2.05) is 25.2 Å². The van der Waals surface area contributed by atoms with Gasteiger partial charge in [-0.05, 0) is 55.3 Å². The number of nitrogens with two attached hydrogens (primary N) is 1. The largest absolute Gasteiger partial charge is 0.399 e. The fourth-order valence-electron chi connectivity index (χ4n) is 2.21. The minimum Gasteiger partial charge on any atom is -0.399 e. The van der Waals surface area contributed by atoms with E-state index in [1.54, 1.807) is 0 Å². The van der Waals surface area contributed by atoms with Crippen molar-refractivity contribution in [1.82, 2.24) is 5.32 Å².